The third-order valence-corrected chi connectivity index (χ3v) is 1.92. The number of rotatable bonds is 2. The number of oxime groups is 1. The molecule has 0 atom stereocenters. The molecule has 1 aromatic rings. The molecular formula is C8H14N4O. The van der Waals surface area contributed by atoms with Crippen molar-refractivity contribution in [2.24, 2.45) is 10.9 Å². The second kappa shape index (κ2) is 3.47. The molecule has 0 aliphatic heterocycles. The van der Waals surface area contributed by atoms with Crippen LogP contribution < -0.4 is 5.73 Å². The summed E-state index contributed by atoms with van der Waals surface area (Å²) in [6.07, 6.45) is 1.60. The van der Waals surface area contributed by atoms with Gasteiger partial charge in [-0.05, 0) is 20.8 Å². The van der Waals surface area contributed by atoms with Crippen LogP contribution in [0.4, 0.5) is 0 Å². The van der Waals surface area contributed by atoms with E-state index in [1.54, 1.807) is 6.20 Å². The van der Waals surface area contributed by atoms with Gasteiger partial charge in [-0.15, -0.1) is 0 Å². The molecule has 0 fully saturated rings. The Morgan fingerprint density at radius 2 is 2.31 bits per heavy atom. The summed E-state index contributed by atoms with van der Waals surface area (Å²) < 4.78 is 1.83. The SMILES string of the molecule is Cc1c(/C(N)=N\O)cnn1C(C)C. The summed E-state index contributed by atoms with van der Waals surface area (Å²) in [7, 11) is 0. The third kappa shape index (κ3) is 1.63. The zero-order valence-corrected chi connectivity index (χ0v) is 8.02. The highest BCUT2D eigenvalue weighted by atomic mass is 16.4. The number of aromatic nitrogens is 2. The van der Waals surface area contributed by atoms with Crippen LogP contribution in [0.2, 0.25) is 0 Å². The summed E-state index contributed by atoms with van der Waals surface area (Å²) in [6.45, 7) is 5.94. The normalized spacial score (nSPS) is 12.5. The molecule has 1 rings (SSSR count). The molecule has 0 spiro atoms. The topological polar surface area (TPSA) is 76.4 Å². The molecule has 0 amide bonds. The number of nitrogens with two attached hydrogens (primary N) is 1. The Morgan fingerprint density at radius 3 is 2.69 bits per heavy atom. The van der Waals surface area contributed by atoms with E-state index < -0.39 is 0 Å². The molecule has 0 saturated carbocycles. The van der Waals surface area contributed by atoms with E-state index in [0.717, 1.165) is 5.69 Å². The molecule has 0 saturated heterocycles. The molecule has 0 aliphatic rings. The van der Waals surface area contributed by atoms with Crippen molar-refractivity contribution in [2.75, 3.05) is 0 Å². The Labute approximate surface area is 76.8 Å². The lowest BCUT2D eigenvalue weighted by molar-refractivity contribution is 0.318. The van der Waals surface area contributed by atoms with E-state index >= 15 is 0 Å². The molecule has 72 valence electrons. The summed E-state index contributed by atoms with van der Waals surface area (Å²) in [5.41, 5.74) is 7.04. The van der Waals surface area contributed by atoms with E-state index in [1.165, 1.54) is 0 Å². The van der Waals surface area contributed by atoms with Gasteiger partial charge in [-0.25, -0.2) is 0 Å². The third-order valence-electron chi connectivity index (χ3n) is 1.92. The average Bonchev–Trinajstić information content (AvgIpc) is 2.46. The second-order valence-corrected chi connectivity index (χ2v) is 3.17. The van der Waals surface area contributed by atoms with Crippen molar-refractivity contribution in [3.05, 3.63) is 17.5 Å². The summed E-state index contributed by atoms with van der Waals surface area (Å²) in [5.74, 6) is 0.101. The minimum atomic E-state index is 0.101. The predicted octanol–water partition coefficient (Wildman–Crippen LogP) is 0.867. The summed E-state index contributed by atoms with van der Waals surface area (Å²) >= 11 is 0. The minimum Gasteiger partial charge on any atom is -0.409 e. The van der Waals surface area contributed by atoms with Crippen LogP contribution >= 0.6 is 0 Å². The Morgan fingerprint density at radius 1 is 1.69 bits per heavy atom. The zero-order chi connectivity index (χ0) is 10.0. The van der Waals surface area contributed by atoms with Gasteiger partial charge in [-0.1, -0.05) is 5.16 Å². The standard InChI is InChI=1S/C8H14N4O/c1-5(2)12-6(3)7(4-10-12)8(9)11-13/h4-5,13H,1-3H3,(H2,9,11). The first-order chi connectivity index (χ1) is 6.07. The fourth-order valence-corrected chi connectivity index (χ4v) is 1.25. The highest BCUT2D eigenvalue weighted by molar-refractivity contribution is 5.97. The van der Waals surface area contributed by atoms with E-state index in [1.807, 2.05) is 25.5 Å². The van der Waals surface area contributed by atoms with Crippen LogP contribution in [0.3, 0.4) is 0 Å². The largest absolute Gasteiger partial charge is 0.409 e. The van der Waals surface area contributed by atoms with Crippen molar-refractivity contribution in [2.45, 2.75) is 26.8 Å². The number of hydrogen-bond donors (Lipinski definition) is 2. The fraction of sp³-hybridized carbons (Fsp3) is 0.500. The Balaban J connectivity index is 3.14. The molecule has 0 unspecified atom stereocenters. The number of amidine groups is 1. The lowest BCUT2D eigenvalue weighted by atomic mass is 10.2. The van der Waals surface area contributed by atoms with Gasteiger partial charge >= 0.3 is 0 Å². The van der Waals surface area contributed by atoms with E-state index in [0.29, 0.717) is 5.56 Å². The van der Waals surface area contributed by atoms with Crippen molar-refractivity contribution in [1.82, 2.24) is 9.78 Å². The van der Waals surface area contributed by atoms with Crippen LogP contribution in [0.5, 0.6) is 0 Å². The van der Waals surface area contributed by atoms with Gasteiger partial charge in [0, 0.05) is 11.7 Å². The van der Waals surface area contributed by atoms with Crippen LogP contribution in [0.15, 0.2) is 11.4 Å². The van der Waals surface area contributed by atoms with Crippen molar-refractivity contribution in [3.63, 3.8) is 0 Å². The van der Waals surface area contributed by atoms with Crippen LogP contribution in [-0.2, 0) is 0 Å². The lowest BCUT2D eigenvalue weighted by Gasteiger charge is -2.07. The van der Waals surface area contributed by atoms with Crippen LogP contribution in [0.1, 0.15) is 31.1 Å². The summed E-state index contributed by atoms with van der Waals surface area (Å²) in [5, 5.41) is 15.5. The van der Waals surface area contributed by atoms with Crippen molar-refractivity contribution < 1.29 is 5.21 Å². The van der Waals surface area contributed by atoms with Crippen molar-refractivity contribution >= 4 is 5.84 Å². The lowest BCUT2D eigenvalue weighted by Crippen LogP contribution is -2.14. The first-order valence-electron chi connectivity index (χ1n) is 4.10. The molecule has 0 radical (unpaired) electrons. The van der Waals surface area contributed by atoms with Crippen LogP contribution in [0.25, 0.3) is 0 Å². The minimum absolute atomic E-state index is 0.101. The van der Waals surface area contributed by atoms with Crippen LogP contribution in [-0.4, -0.2) is 20.8 Å². The average molecular weight is 182 g/mol. The van der Waals surface area contributed by atoms with Crippen LogP contribution in [0, 0.1) is 6.92 Å². The molecule has 3 N–H and O–H groups in total. The molecule has 0 aromatic carbocycles. The molecule has 13 heavy (non-hydrogen) atoms. The quantitative estimate of drug-likeness (QED) is 0.308. The summed E-state index contributed by atoms with van der Waals surface area (Å²) in [6, 6.07) is 0.278. The molecule has 1 heterocycles. The van der Waals surface area contributed by atoms with Crippen molar-refractivity contribution in [3.8, 4) is 0 Å². The molecule has 0 aliphatic carbocycles. The highest BCUT2D eigenvalue weighted by Crippen LogP contribution is 2.11. The van der Waals surface area contributed by atoms with Gasteiger partial charge in [0.05, 0.1) is 11.8 Å². The van der Waals surface area contributed by atoms with Gasteiger partial charge in [0.15, 0.2) is 5.84 Å². The van der Waals surface area contributed by atoms with E-state index in [4.69, 9.17) is 10.9 Å². The van der Waals surface area contributed by atoms with Gasteiger partial charge in [0.2, 0.25) is 0 Å². The molecule has 0 bridgehead atoms. The predicted molar refractivity (Wildman–Crippen MR) is 49.9 cm³/mol. The smallest absolute Gasteiger partial charge is 0.173 e. The fourth-order valence-electron chi connectivity index (χ4n) is 1.25. The summed E-state index contributed by atoms with van der Waals surface area (Å²) in [4.78, 5) is 0. The zero-order valence-electron chi connectivity index (χ0n) is 8.02. The highest BCUT2D eigenvalue weighted by Gasteiger charge is 2.11. The number of nitrogens with zero attached hydrogens (tertiary/aromatic N) is 3. The monoisotopic (exact) mass is 182 g/mol. The maximum atomic E-state index is 8.49. The Hall–Kier alpha value is -1.52. The van der Waals surface area contributed by atoms with Gasteiger partial charge in [0.25, 0.3) is 0 Å². The van der Waals surface area contributed by atoms with Crippen molar-refractivity contribution in [1.29, 1.82) is 0 Å². The molecular weight excluding hydrogens is 168 g/mol. The van der Waals surface area contributed by atoms with E-state index in [-0.39, 0.29) is 11.9 Å². The Bertz CT molecular complexity index is 327. The Kier molecular flexibility index (Phi) is 2.55. The van der Waals surface area contributed by atoms with Gasteiger partial charge in [0.1, 0.15) is 0 Å². The van der Waals surface area contributed by atoms with E-state index in [9.17, 15) is 0 Å². The molecule has 1 aromatic heterocycles. The maximum absolute atomic E-state index is 8.49. The van der Waals surface area contributed by atoms with Gasteiger partial charge in [-0.2, -0.15) is 5.10 Å². The first-order valence-corrected chi connectivity index (χ1v) is 4.10. The molecule has 5 heteroatoms. The first kappa shape index (κ1) is 9.57. The van der Waals surface area contributed by atoms with E-state index in [2.05, 4.69) is 10.3 Å². The number of hydrogen-bond acceptors (Lipinski definition) is 3. The van der Waals surface area contributed by atoms with Gasteiger partial charge in [-0.3, -0.25) is 4.68 Å². The van der Waals surface area contributed by atoms with Gasteiger partial charge < -0.3 is 10.9 Å². The maximum Gasteiger partial charge on any atom is 0.173 e. The molecule has 5 nitrogen and oxygen atoms in total. The second-order valence-electron chi connectivity index (χ2n) is 3.17.